The molecule has 0 saturated carbocycles. The first-order chi connectivity index (χ1) is 8.47. The predicted octanol–water partition coefficient (Wildman–Crippen LogP) is 3.30. The van der Waals surface area contributed by atoms with E-state index in [1.165, 1.54) is 0 Å². The van der Waals surface area contributed by atoms with E-state index < -0.39 is 0 Å². The van der Waals surface area contributed by atoms with Crippen molar-refractivity contribution in [2.24, 2.45) is 5.10 Å². The number of hydrogen-bond donors (Lipinski definition) is 1. The molecule has 0 bridgehead atoms. The fourth-order valence-corrected chi connectivity index (χ4v) is 2.07. The minimum atomic E-state index is -0.164. The number of nitrogens with one attached hydrogen (secondary N) is 1. The quantitative estimate of drug-likeness (QED) is 0.810. The smallest absolute Gasteiger partial charge is 0.255 e. The molecule has 2 rings (SSSR count). The molecule has 0 atom stereocenters. The van der Waals surface area contributed by atoms with Gasteiger partial charge in [0.15, 0.2) is 0 Å². The summed E-state index contributed by atoms with van der Waals surface area (Å²) in [5.74, 6) is -0.164. The molecule has 4 nitrogen and oxygen atoms in total. The second-order valence-electron chi connectivity index (χ2n) is 3.77. The van der Waals surface area contributed by atoms with Gasteiger partial charge in [-0.05, 0) is 37.3 Å². The van der Waals surface area contributed by atoms with Gasteiger partial charge in [0, 0.05) is 10.7 Å². The number of halogens is 2. The fourth-order valence-electron chi connectivity index (χ4n) is 1.48. The van der Waals surface area contributed by atoms with Crippen LogP contribution in [0.25, 0.3) is 0 Å². The molecule has 1 aromatic rings. The molecule has 0 aliphatic carbocycles. The maximum absolute atomic E-state index is 11.6. The van der Waals surface area contributed by atoms with Crippen LogP contribution < -0.4 is 5.32 Å². The van der Waals surface area contributed by atoms with E-state index in [1.807, 2.05) is 0 Å². The van der Waals surface area contributed by atoms with E-state index in [4.69, 9.17) is 35.4 Å². The molecule has 18 heavy (non-hydrogen) atoms. The van der Waals surface area contributed by atoms with Crippen molar-refractivity contribution in [2.75, 3.05) is 5.32 Å². The van der Waals surface area contributed by atoms with Crippen LogP contribution in [0.5, 0.6) is 0 Å². The van der Waals surface area contributed by atoms with Gasteiger partial charge in [0.2, 0.25) is 5.11 Å². The number of anilines is 1. The molecule has 7 heteroatoms. The van der Waals surface area contributed by atoms with Crippen molar-refractivity contribution in [1.82, 2.24) is 5.01 Å². The molecule has 0 spiro atoms. The third-order valence-corrected chi connectivity index (χ3v) is 3.12. The van der Waals surface area contributed by atoms with E-state index in [0.29, 0.717) is 15.7 Å². The average Bonchev–Trinajstić information content (AvgIpc) is 2.63. The van der Waals surface area contributed by atoms with Crippen molar-refractivity contribution in [1.29, 1.82) is 0 Å². The Hall–Kier alpha value is -1.17. The number of thiocarbonyl (C=S) groups is 1. The van der Waals surface area contributed by atoms with Gasteiger partial charge < -0.3 is 5.32 Å². The number of hydrogen-bond acceptors (Lipinski definition) is 3. The van der Waals surface area contributed by atoms with Crippen molar-refractivity contribution in [3.05, 3.63) is 28.2 Å². The molecule has 1 aliphatic rings. The molecular formula is C11H9Cl2N3OS. The summed E-state index contributed by atoms with van der Waals surface area (Å²) in [6, 6.07) is 4.95. The van der Waals surface area contributed by atoms with Crippen LogP contribution in [0.1, 0.15) is 13.3 Å². The molecule has 0 saturated heterocycles. The Labute approximate surface area is 120 Å². The van der Waals surface area contributed by atoms with Crippen molar-refractivity contribution < 1.29 is 4.79 Å². The lowest BCUT2D eigenvalue weighted by Gasteiger charge is -2.15. The predicted molar refractivity (Wildman–Crippen MR) is 77.3 cm³/mol. The second-order valence-corrected chi connectivity index (χ2v) is 5.00. The molecule has 1 heterocycles. The third kappa shape index (κ3) is 2.80. The highest BCUT2D eigenvalue weighted by Crippen LogP contribution is 2.26. The molecule has 94 valence electrons. The molecule has 1 aliphatic heterocycles. The third-order valence-electron chi connectivity index (χ3n) is 2.28. The van der Waals surface area contributed by atoms with Crippen LogP contribution in [-0.2, 0) is 4.79 Å². The van der Waals surface area contributed by atoms with E-state index >= 15 is 0 Å². The Morgan fingerprint density at radius 2 is 2.22 bits per heavy atom. The molecule has 1 N–H and O–H groups in total. The highest BCUT2D eigenvalue weighted by Gasteiger charge is 2.25. The minimum Gasteiger partial charge on any atom is -0.329 e. The first-order valence-electron chi connectivity index (χ1n) is 5.10. The standard InChI is InChI=1S/C11H9Cl2N3OS/c1-6-4-10(17)16(15-6)11(18)14-9-5-7(12)2-3-8(9)13/h2-3,5H,4H2,1H3,(H,14,18). The Kier molecular flexibility index (Phi) is 3.85. The van der Waals surface area contributed by atoms with Gasteiger partial charge in [-0.2, -0.15) is 10.1 Å². The topological polar surface area (TPSA) is 44.7 Å². The summed E-state index contributed by atoms with van der Waals surface area (Å²) in [5.41, 5.74) is 1.27. The lowest BCUT2D eigenvalue weighted by atomic mass is 10.3. The number of carbonyl (C=O) groups excluding carboxylic acids is 1. The Morgan fingerprint density at radius 3 is 2.83 bits per heavy atom. The minimum absolute atomic E-state index is 0.164. The molecule has 0 unspecified atom stereocenters. The first-order valence-corrected chi connectivity index (χ1v) is 6.27. The molecule has 0 aromatic heterocycles. The van der Waals surface area contributed by atoms with Crippen LogP contribution >= 0.6 is 35.4 Å². The largest absolute Gasteiger partial charge is 0.329 e. The summed E-state index contributed by atoms with van der Waals surface area (Å²) in [6.45, 7) is 1.77. The molecule has 1 amide bonds. The number of nitrogens with zero attached hydrogens (tertiary/aromatic N) is 2. The molecule has 0 fully saturated rings. The number of hydrazone groups is 1. The van der Waals surface area contributed by atoms with E-state index in [9.17, 15) is 4.79 Å². The van der Waals surface area contributed by atoms with Crippen molar-refractivity contribution in [3.8, 4) is 0 Å². The summed E-state index contributed by atoms with van der Waals surface area (Å²) in [7, 11) is 0. The second kappa shape index (κ2) is 5.22. The zero-order chi connectivity index (χ0) is 13.3. The zero-order valence-corrected chi connectivity index (χ0v) is 11.7. The van der Waals surface area contributed by atoms with Crippen LogP contribution in [0.2, 0.25) is 10.0 Å². The maximum Gasteiger partial charge on any atom is 0.255 e. The lowest BCUT2D eigenvalue weighted by molar-refractivity contribution is -0.124. The van der Waals surface area contributed by atoms with Gasteiger partial charge in [-0.1, -0.05) is 23.2 Å². The number of amides is 1. The number of carbonyl (C=O) groups is 1. The zero-order valence-electron chi connectivity index (χ0n) is 9.41. The first kappa shape index (κ1) is 13.3. The van der Waals surface area contributed by atoms with Crippen LogP contribution in [0.15, 0.2) is 23.3 Å². The van der Waals surface area contributed by atoms with Gasteiger partial charge in [-0.3, -0.25) is 4.79 Å². The normalized spacial score (nSPS) is 14.7. The van der Waals surface area contributed by atoms with E-state index in [2.05, 4.69) is 10.4 Å². The Balaban J connectivity index is 2.17. The number of rotatable bonds is 1. The molecule has 0 radical (unpaired) electrons. The number of benzene rings is 1. The van der Waals surface area contributed by atoms with E-state index in [-0.39, 0.29) is 17.4 Å². The van der Waals surface area contributed by atoms with Crippen LogP contribution in [0, 0.1) is 0 Å². The van der Waals surface area contributed by atoms with Gasteiger partial charge >= 0.3 is 0 Å². The fraction of sp³-hybridized carbons (Fsp3) is 0.182. The Bertz CT molecular complexity index is 559. The van der Waals surface area contributed by atoms with Gasteiger partial charge in [0.25, 0.3) is 5.91 Å². The van der Waals surface area contributed by atoms with Gasteiger partial charge in [0.1, 0.15) is 0 Å². The average molecular weight is 302 g/mol. The van der Waals surface area contributed by atoms with Crippen LogP contribution in [0.3, 0.4) is 0 Å². The summed E-state index contributed by atoms with van der Waals surface area (Å²) in [5, 5.41) is 9.22. The van der Waals surface area contributed by atoms with Crippen molar-refractivity contribution >= 4 is 57.8 Å². The highest BCUT2D eigenvalue weighted by molar-refractivity contribution is 7.80. The van der Waals surface area contributed by atoms with Crippen LogP contribution in [-0.4, -0.2) is 21.7 Å². The summed E-state index contributed by atoms with van der Waals surface area (Å²) >= 11 is 17.0. The molecular weight excluding hydrogens is 293 g/mol. The summed E-state index contributed by atoms with van der Waals surface area (Å²) < 4.78 is 0. The SMILES string of the molecule is CC1=NN(C(=S)Nc2cc(Cl)ccc2Cl)C(=O)C1. The van der Waals surface area contributed by atoms with Gasteiger partial charge in [-0.15, -0.1) is 0 Å². The van der Waals surface area contributed by atoms with Crippen molar-refractivity contribution in [2.45, 2.75) is 13.3 Å². The lowest BCUT2D eigenvalue weighted by Crippen LogP contribution is -2.32. The monoisotopic (exact) mass is 301 g/mol. The summed E-state index contributed by atoms with van der Waals surface area (Å²) in [4.78, 5) is 11.6. The van der Waals surface area contributed by atoms with Gasteiger partial charge in [0.05, 0.1) is 17.1 Å². The van der Waals surface area contributed by atoms with Crippen LogP contribution in [0.4, 0.5) is 5.69 Å². The summed E-state index contributed by atoms with van der Waals surface area (Å²) in [6.07, 6.45) is 0.283. The van der Waals surface area contributed by atoms with E-state index in [0.717, 1.165) is 10.7 Å². The highest BCUT2D eigenvalue weighted by atomic mass is 35.5. The van der Waals surface area contributed by atoms with E-state index in [1.54, 1.807) is 25.1 Å². The molecule has 1 aromatic carbocycles. The maximum atomic E-state index is 11.6. The van der Waals surface area contributed by atoms with Gasteiger partial charge in [-0.25, -0.2) is 0 Å². The Morgan fingerprint density at radius 1 is 1.50 bits per heavy atom. The van der Waals surface area contributed by atoms with Crippen molar-refractivity contribution in [3.63, 3.8) is 0 Å².